The number of aryl methyl sites for hydroxylation is 1. The number of carbonyl (C=O) groups is 1. The summed E-state index contributed by atoms with van der Waals surface area (Å²) in [5.41, 5.74) is 1.26. The van der Waals surface area contributed by atoms with E-state index < -0.39 is 0 Å². The molecule has 7 heteroatoms. The molecular formula is C21H23FN4O2. The molecule has 28 heavy (non-hydrogen) atoms. The van der Waals surface area contributed by atoms with Gasteiger partial charge in [0.1, 0.15) is 11.6 Å². The second kappa shape index (κ2) is 6.51. The topological polar surface area (TPSA) is 67.4 Å². The van der Waals surface area contributed by atoms with Crippen LogP contribution >= 0.6 is 0 Å². The van der Waals surface area contributed by atoms with Crippen LogP contribution in [0.15, 0.2) is 36.7 Å². The number of hydrogen-bond acceptors (Lipinski definition) is 5. The Morgan fingerprint density at radius 1 is 1.32 bits per heavy atom. The lowest BCUT2D eigenvalue weighted by Gasteiger charge is -2.29. The number of amides is 1. The Morgan fingerprint density at radius 2 is 2.11 bits per heavy atom. The van der Waals surface area contributed by atoms with Crippen LogP contribution in [-0.4, -0.2) is 47.2 Å². The summed E-state index contributed by atoms with van der Waals surface area (Å²) in [6.45, 7) is 4.25. The zero-order valence-corrected chi connectivity index (χ0v) is 15.8. The van der Waals surface area contributed by atoms with Gasteiger partial charge in [-0.15, -0.1) is 0 Å². The number of benzene rings is 1. The normalized spacial score (nSPS) is 30.5. The van der Waals surface area contributed by atoms with Gasteiger partial charge in [-0.1, -0.05) is 0 Å². The molecule has 6 nitrogen and oxygen atoms in total. The van der Waals surface area contributed by atoms with E-state index in [0.717, 1.165) is 37.4 Å². The molecule has 3 fully saturated rings. The zero-order valence-electron chi connectivity index (χ0n) is 15.8. The molecule has 4 atom stereocenters. The summed E-state index contributed by atoms with van der Waals surface area (Å²) in [5.74, 6) is 1.05. The Bertz CT molecular complexity index is 906. The van der Waals surface area contributed by atoms with E-state index >= 15 is 0 Å². The van der Waals surface area contributed by atoms with Crippen molar-refractivity contribution in [1.82, 2.24) is 15.3 Å². The van der Waals surface area contributed by atoms with Crippen molar-refractivity contribution < 1.29 is 13.9 Å². The van der Waals surface area contributed by atoms with Crippen molar-refractivity contribution in [1.29, 1.82) is 0 Å². The first-order valence-corrected chi connectivity index (χ1v) is 9.80. The molecule has 1 aromatic heterocycles. The number of halogens is 1. The summed E-state index contributed by atoms with van der Waals surface area (Å²) in [5, 5.41) is 3.03. The van der Waals surface area contributed by atoms with E-state index in [1.165, 1.54) is 24.3 Å². The van der Waals surface area contributed by atoms with Crippen molar-refractivity contribution in [2.75, 3.05) is 24.5 Å². The van der Waals surface area contributed by atoms with Gasteiger partial charge < -0.3 is 15.0 Å². The Labute approximate surface area is 163 Å². The SMILES string of the molecule is Cc1nccnc1N1C[C@@H]2[C@H](CNC(=O)c3ccc(F)cc3)[C@H]3CC[C@]2(C1)O3. The van der Waals surface area contributed by atoms with Crippen LogP contribution in [0.1, 0.15) is 28.9 Å². The summed E-state index contributed by atoms with van der Waals surface area (Å²) in [6, 6.07) is 5.64. The van der Waals surface area contributed by atoms with Crippen molar-refractivity contribution >= 4 is 11.7 Å². The van der Waals surface area contributed by atoms with Gasteiger partial charge in [-0.2, -0.15) is 0 Å². The monoisotopic (exact) mass is 382 g/mol. The third-order valence-electron chi connectivity index (χ3n) is 6.54. The van der Waals surface area contributed by atoms with E-state index in [0.29, 0.717) is 18.0 Å². The lowest BCUT2D eigenvalue weighted by molar-refractivity contribution is 0.0141. The molecule has 0 saturated carbocycles. The first kappa shape index (κ1) is 17.6. The molecule has 2 aromatic rings. The highest BCUT2D eigenvalue weighted by Crippen LogP contribution is 2.55. The van der Waals surface area contributed by atoms with Gasteiger partial charge in [0.2, 0.25) is 0 Å². The largest absolute Gasteiger partial charge is 0.369 e. The molecule has 1 amide bonds. The molecule has 1 spiro atoms. The van der Waals surface area contributed by atoms with Gasteiger partial charge in [0.15, 0.2) is 0 Å². The molecule has 4 heterocycles. The van der Waals surface area contributed by atoms with Crippen LogP contribution in [0.3, 0.4) is 0 Å². The minimum atomic E-state index is -0.342. The summed E-state index contributed by atoms with van der Waals surface area (Å²) in [7, 11) is 0. The van der Waals surface area contributed by atoms with Gasteiger partial charge in [0.25, 0.3) is 5.91 Å². The van der Waals surface area contributed by atoms with E-state index in [9.17, 15) is 9.18 Å². The predicted octanol–water partition coefficient (Wildman–Crippen LogP) is 2.34. The van der Waals surface area contributed by atoms with Crippen molar-refractivity contribution in [3.63, 3.8) is 0 Å². The fourth-order valence-electron chi connectivity index (χ4n) is 5.25. The third kappa shape index (κ3) is 2.76. The summed E-state index contributed by atoms with van der Waals surface area (Å²) in [4.78, 5) is 23.6. The fourth-order valence-corrected chi connectivity index (χ4v) is 5.25. The highest BCUT2D eigenvalue weighted by Gasteiger charge is 2.63. The quantitative estimate of drug-likeness (QED) is 0.879. The van der Waals surface area contributed by atoms with E-state index in [2.05, 4.69) is 20.2 Å². The maximum atomic E-state index is 13.1. The van der Waals surface area contributed by atoms with Crippen molar-refractivity contribution in [2.45, 2.75) is 31.5 Å². The molecule has 0 aliphatic carbocycles. The predicted molar refractivity (Wildman–Crippen MR) is 102 cm³/mol. The number of fused-ring (bicyclic) bond motifs is 1. The maximum absolute atomic E-state index is 13.1. The van der Waals surface area contributed by atoms with Gasteiger partial charge in [0, 0.05) is 49.4 Å². The van der Waals surface area contributed by atoms with Crippen molar-refractivity contribution in [2.24, 2.45) is 11.8 Å². The molecule has 2 bridgehead atoms. The number of carbonyl (C=O) groups excluding carboxylic acids is 1. The number of nitrogens with one attached hydrogen (secondary N) is 1. The Balaban J connectivity index is 1.30. The van der Waals surface area contributed by atoms with Crippen LogP contribution < -0.4 is 10.2 Å². The summed E-state index contributed by atoms with van der Waals surface area (Å²) in [6.07, 6.45) is 5.72. The van der Waals surface area contributed by atoms with Crippen LogP contribution in [0.4, 0.5) is 10.2 Å². The van der Waals surface area contributed by atoms with Crippen LogP contribution in [-0.2, 0) is 4.74 Å². The lowest BCUT2D eigenvalue weighted by atomic mass is 9.73. The number of ether oxygens (including phenoxy) is 1. The van der Waals surface area contributed by atoms with E-state index in [4.69, 9.17) is 4.74 Å². The van der Waals surface area contributed by atoms with E-state index in [1.54, 1.807) is 12.4 Å². The van der Waals surface area contributed by atoms with Gasteiger partial charge in [0.05, 0.1) is 17.4 Å². The minimum absolute atomic E-state index is 0.139. The zero-order chi connectivity index (χ0) is 19.3. The van der Waals surface area contributed by atoms with Crippen LogP contribution in [0, 0.1) is 24.6 Å². The molecule has 3 aliphatic rings. The number of hydrogen-bond donors (Lipinski definition) is 1. The molecule has 5 rings (SSSR count). The highest BCUT2D eigenvalue weighted by atomic mass is 19.1. The van der Waals surface area contributed by atoms with Crippen LogP contribution in [0.25, 0.3) is 0 Å². The number of rotatable bonds is 4. The first-order chi connectivity index (χ1) is 13.6. The maximum Gasteiger partial charge on any atom is 0.251 e. The van der Waals surface area contributed by atoms with Gasteiger partial charge in [-0.05, 0) is 44.0 Å². The average molecular weight is 382 g/mol. The van der Waals surface area contributed by atoms with Gasteiger partial charge >= 0.3 is 0 Å². The first-order valence-electron chi connectivity index (χ1n) is 9.80. The van der Waals surface area contributed by atoms with Crippen LogP contribution in [0.2, 0.25) is 0 Å². The summed E-state index contributed by atoms with van der Waals surface area (Å²) < 4.78 is 19.5. The molecular weight excluding hydrogens is 359 g/mol. The molecule has 3 aliphatic heterocycles. The Hall–Kier alpha value is -2.54. The van der Waals surface area contributed by atoms with Gasteiger partial charge in [-0.25, -0.2) is 9.37 Å². The standard InChI is InChI=1S/C21H23FN4O2/c1-13-19(24-9-8-23-13)26-11-17-16(18-6-7-21(17,12-26)28-18)10-25-20(27)14-2-4-15(22)5-3-14/h2-5,8-9,16-18H,6-7,10-12H2,1H3,(H,25,27)/t16-,17+,18+,21+/m0/s1. The lowest BCUT2D eigenvalue weighted by Crippen LogP contribution is -2.41. The molecule has 0 unspecified atom stereocenters. The number of aromatic nitrogens is 2. The fraction of sp³-hybridized carbons (Fsp3) is 0.476. The second-order valence-electron chi connectivity index (χ2n) is 8.09. The molecule has 146 valence electrons. The van der Waals surface area contributed by atoms with Crippen molar-refractivity contribution in [3.8, 4) is 0 Å². The molecule has 3 saturated heterocycles. The average Bonchev–Trinajstić information content (AvgIpc) is 3.35. The van der Waals surface area contributed by atoms with Gasteiger partial charge in [-0.3, -0.25) is 9.78 Å². The van der Waals surface area contributed by atoms with E-state index in [-0.39, 0.29) is 29.3 Å². The second-order valence-corrected chi connectivity index (χ2v) is 8.09. The summed E-state index contributed by atoms with van der Waals surface area (Å²) >= 11 is 0. The Kier molecular flexibility index (Phi) is 4.08. The molecule has 1 aromatic carbocycles. The smallest absolute Gasteiger partial charge is 0.251 e. The van der Waals surface area contributed by atoms with Crippen LogP contribution in [0.5, 0.6) is 0 Å². The van der Waals surface area contributed by atoms with E-state index in [1.807, 2.05) is 6.92 Å². The number of anilines is 1. The van der Waals surface area contributed by atoms with Crippen molar-refractivity contribution in [3.05, 3.63) is 53.7 Å². The Morgan fingerprint density at radius 3 is 2.89 bits per heavy atom. The highest BCUT2D eigenvalue weighted by molar-refractivity contribution is 5.94. The molecule has 1 N–H and O–H groups in total. The molecule has 0 radical (unpaired) electrons. The third-order valence-corrected chi connectivity index (χ3v) is 6.54. The minimum Gasteiger partial charge on any atom is -0.369 e. The number of nitrogens with zero attached hydrogens (tertiary/aromatic N) is 3.